The lowest BCUT2D eigenvalue weighted by Crippen LogP contribution is -2.62. The molecule has 11 amide bonds. The number of rotatable bonds is 31. The maximum atomic E-state index is 14.1. The van der Waals surface area contributed by atoms with E-state index in [1.54, 1.807) is 44.3 Å². The van der Waals surface area contributed by atoms with Gasteiger partial charge in [0.25, 0.3) is 0 Å². The number of benzene rings is 1. The third-order valence-electron chi connectivity index (χ3n) is 12.0. The molecule has 29 heteroatoms. The highest BCUT2D eigenvalue weighted by atomic mass is 16.4. The van der Waals surface area contributed by atoms with Crippen LogP contribution in [0.25, 0.3) is 10.9 Å². The third-order valence-corrected chi connectivity index (χ3v) is 12.0. The van der Waals surface area contributed by atoms with Crippen LogP contribution in [-0.4, -0.2) is 181 Å². The van der Waals surface area contributed by atoms with E-state index in [4.69, 9.17) is 22.9 Å². The number of para-hydroxylation sites is 1. The number of nitrogens with zero attached hydrogens (tertiary/aromatic N) is 1. The van der Waals surface area contributed by atoms with Crippen LogP contribution in [0.1, 0.15) is 77.7 Å². The fourth-order valence-electron chi connectivity index (χ4n) is 7.99. The standard InChI is InChI=1S/C46H69N13O16/c1-21(2)15-28(41(69)58-37(22(3)62)46(74)75)54-44(72)33-9-6-14-59(33)45(73)30(17-36(50)65)55-42(70)31(19-60)57-43(71)32(20-61)56-40(68)29(16-23-18-51-26-8-5-4-7-24(23)26)53-39(67)27(11-13-35(49)64)52-38(66)25(47)10-12-34(48)63/h4-5,7-8,18,21-22,25,27-33,37,51,60-62H,6,9-17,19-20,47H2,1-3H3,(H2,48,63)(H2,49,64)(H2,50,65)(H,52,66)(H,53,67)(H,54,72)(H,55,70)(H,56,68)(H,57,71)(H,58,69)(H,74,75). The van der Waals surface area contributed by atoms with Crippen molar-refractivity contribution in [1.82, 2.24) is 47.1 Å². The molecule has 414 valence electrons. The lowest BCUT2D eigenvalue weighted by atomic mass is 10.0. The van der Waals surface area contributed by atoms with Crippen LogP contribution in [0.5, 0.6) is 0 Å². The first-order valence-corrected chi connectivity index (χ1v) is 24.0. The topological polar surface area (TPSA) is 493 Å². The Hall–Kier alpha value is -7.76. The minimum atomic E-state index is -1.93. The van der Waals surface area contributed by atoms with Crippen molar-refractivity contribution in [3.63, 3.8) is 0 Å². The number of carbonyl (C=O) groups is 12. The molecule has 1 aromatic heterocycles. The van der Waals surface area contributed by atoms with E-state index in [9.17, 15) is 78.0 Å². The first-order valence-electron chi connectivity index (χ1n) is 24.0. The van der Waals surface area contributed by atoms with Gasteiger partial charge in [-0.1, -0.05) is 32.0 Å². The fourth-order valence-corrected chi connectivity index (χ4v) is 7.99. The van der Waals surface area contributed by atoms with E-state index in [1.165, 1.54) is 0 Å². The second kappa shape index (κ2) is 29.2. The van der Waals surface area contributed by atoms with Crippen molar-refractivity contribution in [3.8, 4) is 0 Å². The summed E-state index contributed by atoms with van der Waals surface area (Å²) in [5, 5.41) is 56.8. The lowest BCUT2D eigenvalue weighted by molar-refractivity contribution is -0.146. The van der Waals surface area contributed by atoms with Gasteiger partial charge in [-0.05, 0) is 56.6 Å². The van der Waals surface area contributed by atoms with Crippen molar-refractivity contribution in [1.29, 1.82) is 0 Å². The van der Waals surface area contributed by atoms with E-state index in [0.717, 1.165) is 11.8 Å². The van der Waals surface area contributed by atoms with E-state index in [1.807, 2.05) is 0 Å². The van der Waals surface area contributed by atoms with E-state index in [2.05, 4.69) is 42.2 Å². The van der Waals surface area contributed by atoms with Gasteiger partial charge in [-0.2, -0.15) is 0 Å². The zero-order valence-electron chi connectivity index (χ0n) is 41.7. The molecule has 2 aromatic rings. The predicted molar refractivity (Wildman–Crippen MR) is 262 cm³/mol. The molecule has 10 unspecified atom stereocenters. The summed E-state index contributed by atoms with van der Waals surface area (Å²) in [6.07, 6.45) is -2.02. The number of hydrogen-bond donors (Lipinski definition) is 16. The highest BCUT2D eigenvalue weighted by Crippen LogP contribution is 2.22. The number of hydrogen-bond acceptors (Lipinski definition) is 16. The van der Waals surface area contributed by atoms with Crippen molar-refractivity contribution < 1.29 is 78.0 Å². The molecule has 1 aliphatic heterocycles. The van der Waals surface area contributed by atoms with E-state index in [0.29, 0.717) is 16.5 Å². The lowest BCUT2D eigenvalue weighted by Gasteiger charge is -2.31. The number of aromatic nitrogens is 1. The van der Waals surface area contributed by atoms with Crippen molar-refractivity contribution >= 4 is 81.9 Å². The Morgan fingerprint density at radius 3 is 1.73 bits per heavy atom. The molecule has 3 rings (SSSR count). The number of aliphatic hydroxyl groups is 3. The maximum Gasteiger partial charge on any atom is 0.328 e. The summed E-state index contributed by atoms with van der Waals surface area (Å²) in [5.74, 6) is -12.8. The number of nitrogens with one attached hydrogen (secondary N) is 8. The van der Waals surface area contributed by atoms with Gasteiger partial charge in [0.15, 0.2) is 6.04 Å². The molecule has 1 fully saturated rings. The average molecular weight is 1060 g/mol. The molecular formula is C46H69N13O16. The van der Waals surface area contributed by atoms with Gasteiger partial charge < -0.3 is 90.5 Å². The summed E-state index contributed by atoms with van der Waals surface area (Å²) in [4.78, 5) is 160. The molecule has 1 aromatic carbocycles. The Balaban J connectivity index is 1.83. The molecule has 75 heavy (non-hydrogen) atoms. The first kappa shape index (κ1) is 61.5. The molecule has 10 atom stereocenters. The second-order valence-corrected chi connectivity index (χ2v) is 18.5. The zero-order valence-corrected chi connectivity index (χ0v) is 41.7. The monoisotopic (exact) mass is 1060 g/mol. The maximum absolute atomic E-state index is 14.1. The first-order chi connectivity index (χ1) is 35.3. The molecular weight excluding hydrogens is 991 g/mol. The Bertz CT molecular complexity index is 2410. The summed E-state index contributed by atoms with van der Waals surface area (Å²) in [7, 11) is 0. The number of likely N-dealkylation sites (tertiary alicyclic amines) is 1. The van der Waals surface area contributed by atoms with Gasteiger partial charge in [-0.3, -0.25) is 52.7 Å². The summed E-state index contributed by atoms with van der Waals surface area (Å²) in [6.45, 7) is 2.23. The van der Waals surface area contributed by atoms with Crippen LogP contribution in [0, 0.1) is 5.92 Å². The van der Waals surface area contributed by atoms with Crippen LogP contribution in [0.3, 0.4) is 0 Å². The summed E-state index contributed by atoms with van der Waals surface area (Å²) in [5.41, 5.74) is 22.9. The number of carboxylic acid groups (broad SMARTS) is 1. The van der Waals surface area contributed by atoms with Gasteiger partial charge in [0.05, 0.1) is 31.8 Å². The molecule has 0 saturated carbocycles. The number of nitrogens with two attached hydrogens (primary N) is 4. The Morgan fingerprint density at radius 2 is 1.19 bits per heavy atom. The second-order valence-electron chi connectivity index (χ2n) is 18.5. The minimum Gasteiger partial charge on any atom is -0.480 e. The summed E-state index contributed by atoms with van der Waals surface area (Å²) < 4.78 is 0. The third kappa shape index (κ3) is 18.9. The molecule has 0 spiro atoms. The molecule has 0 radical (unpaired) electrons. The Kier molecular flexibility index (Phi) is 24.0. The van der Waals surface area contributed by atoms with Crippen LogP contribution in [0.4, 0.5) is 0 Å². The summed E-state index contributed by atoms with van der Waals surface area (Å²) in [6, 6.07) is -7.48. The van der Waals surface area contributed by atoms with E-state index < -0.39 is 157 Å². The number of fused-ring (bicyclic) bond motifs is 1. The van der Waals surface area contributed by atoms with Crippen molar-refractivity contribution in [2.24, 2.45) is 28.9 Å². The highest BCUT2D eigenvalue weighted by molar-refractivity contribution is 6.00. The summed E-state index contributed by atoms with van der Waals surface area (Å²) >= 11 is 0. The number of aliphatic hydroxyl groups excluding tert-OH is 3. The Labute approximate surface area is 429 Å². The quantitative estimate of drug-likeness (QED) is 0.0334. The molecule has 1 aliphatic rings. The van der Waals surface area contributed by atoms with Crippen LogP contribution in [-0.2, 0) is 64.0 Å². The van der Waals surface area contributed by atoms with Gasteiger partial charge >= 0.3 is 5.97 Å². The number of primary amides is 3. The van der Waals surface area contributed by atoms with Gasteiger partial charge in [-0.15, -0.1) is 0 Å². The number of amides is 11. The normalized spacial score (nSPS) is 16.9. The Morgan fingerprint density at radius 1 is 0.667 bits per heavy atom. The van der Waals surface area contributed by atoms with Crippen LogP contribution < -0.4 is 60.2 Å². The number of aromatic amines is 1. The zero-order chi connectivity index (χ0) is 56.3. The van der Waals surface area contributed by atoms with Gasteiger partial charge in [-0.25, -0.2) is 4.79 Å². The molecule has 2 heterocycles. The van der Waals surface area contributed by atoms with Gasteiger partial charge in [0.1, 0.15) is 42.3 Å². The van der Waals surface area contributed by atoms with Gasteiger partial charge in [0.2, 0.25) is 65.0 Å². The number of aliphatic carboxylic acids is 1. The van der Waals surface area contributed by atoms with Gasteiger partial charge in [0, 0.05) is 42.9 Å². The molecule has 20 N–H and O–H groups in total. The largest absolute Gasteiger partial charge is 0.480 e. The van der Waals surface area contributed by atoms with Crippen molar-refractivity contribution in [3.05, 3.63) is 36.0 Å². The number of carboxylic acids is 1. The molecule has 1 saturated heterocycles. The highest BCUT2D eigenvalue weighted by Gasteiger charge is 2.41. The van der Waals surface area contributed by atoms with Crippen LogP contribution >= 0.6 is 0 Å². The van der Waals surface area contributed by atoms with Crippen LogP contribution in [0.15, 0.2) is 30.5 Å². The fraction of sp³-hybridized carbons (Fsp3) is 0.565. The molecule has 0 aliphatic carbocycles. The molecule has 29 nitrogen and oxygen atoms in total. The SMILES string of the molecule is CC(C)CC(NC(=O)C1CCCN1C(=O)C(CC(N)=O)NC(=O)C(CO)NC(=O)C(CO)NC(=O)C(Cc1c[nH]c2ccccc12)NC(=O)C(CCC(N)=O)NC(=O)C(N)CCC(N)=O)C(=O)NC(C(=O)O)C(C)O. The number of carbonyl (C=O) groups excluding carboxylic acids is 11. The average Bonchev–Trinajstić information content (AvgIpc) is 4.00. The minimum absolute atomic E-state index is 0.0155. The van der Waals surface area contributed by atoms with E-state index in [-0.39, 0.29) is 57.4 Å². The smallest absolute Gasteiger partial charge is 0.328 e. The van der Waals surface area contributed by atoms with E-state index >= 15 is 0 Å². The molecule has 0 bridgehead atoms. The van der Waals surface area contributed by atoms with Crippen molar-refractivity contribution in [2.75, 3.05) is 19.8 Å². The van der Waals surface area contributed by atoms with Crippen molar-refractivity contribution in [2.45, 2.75) is 139 Å². The number of H-pyrrole nitrogens is 1. The van der Waals surface area contributed by atoms with Crippen LogP contribution in [0.2, 0.25) is 0 Å². The predicted octanol–water partition coefficient (Wildman–Crippen LogP) is -6.68.